The maximum absolute atomic E-state index is 14.4. The van der Waals surface area contributed by atoms with E-state index in [1.807, 2.05) is 6.07 Å². The lowest BCUT2D eigenvalue weighted by Gasteiger charge is -2.19. The van der Waals surface area contributed by atoms with Gasteiger partial charge in [0.1, 0.15) is 11.6 Å². The van der Waals surface area contributed by atoms with Gasteiger partial charge < -0.3 is 15.0 Å². The minimum Gasteiger partial charge on any atom is -0.494 e. The highest BCUT2D eigenvalue weighted by Crippen LogP contribution is 2.29. The molecule has 0 saturated heterocycles. The summed E-state index contributed by atoms with van der Waals surface area (Å²) in [5, 5.41) is 2.49. The summed E-state index contributed by atoms with van der Waals surface area (Å²) in [4.78, 5) is 12.8. The Balaban J connectivity index is 1.83. The Labute approximate surface area is 163 Å². The number of hydrogen-bond donors (Lipinski definition) is 1. The van der Waals surface area contributed by atoms with Crippen molar-refractivity contribution in [1.82, 2.24) is 10.2 Å². The van der Waals surface area contributed by atoms with Gasteiger partial charge in [0.2, 0.25) is 5.91 Å². The van der Waals surface area contributed by atoms with Crippen molar-refractivity contribution >= 4 is 5.91 Å². The first-order chi connectivity index (χ1) is 13.3. The van der Waals surface area contributed by atoms with Crippen LogP contribution in [0, 0.1) is 5.82 Å². The molecule has 0 aromatic heterocycles. The third-order valence-electron chi connectivity index (χ3n) is 4.15. The second kappa shape index (κ2) is 10.1. The molecule has 4 nitrogen and oxygen atoms in total. The number of carbonyl (C=O) groups is 1. The van der Waals surface area contributed by atoms with Crippen molar-refractivity contribution in [1.29, 1.82) is 0 Å². The second-order valence-electron chi connectivity index (χ2n) is 6.71. The van der Waals surface area contributed by atoms with Crippen molar-refractivity contribution in [3.63, 3.8) is 0 Å². The van der Waals surface area contributed by atoms with E-state index in [1.54, 1.807) is 26.2 Å². The lowest BCUT2D eigenvalue weighted by atomic mass is 10.1. The number of aryl methyl sites for hydroxylation is 1. The first kappa shape index (κ1) is 21.8. The van der Waals surface area contributed by atoms with Gasteiger partial charge in [-0.15, -0.1) is 0 Å². The zero-order chi connectivity index (χ0) is 20.6. The number of amides is 1. The molecule has 2 aromatic rings. The molecule has 0 aliphatic carbocycles. The molecular formula is C21H25F3N2O2. The van der Waals surface area contributed by atoms with E-state index >= 15 is 0 Å². The first-order valence-electron chi connectivity index (χ1n) is 9.04. The summed E-state index contributed by atoms with van der Waals surface area (Å²) >= 11 is 0. The molecule has 0 saturated carbocycles. The highest BCUT2D eigenvalue weighted by Gasteiger charge is 2.31. The Morgan fingerprint density at radius 1 is 1.14 bits per heavy atom. The van der Waals surface area contributed by atoms with Crippen LogP contribution < -0.4 is 10.1 Å². The third kappa shape index (κ3) is 6.88. The Morgan fingerprint density at radius 3 is 2.61 bits per heavy atom. The smallest absolute Gasteiger partial charge is 0.285 e. The van der Waals surface area contributed by atoms with Gasteiger partial charge in [0.15, 0.2) is 0 Å². The molecule has 0 aliphatic heterocycles. The van der Waals surface area contributed by atoms with Gasteiger partial charge in [-0.3, -0.25) is 4.79 Å². The molecule has 0 fully saturated rings. The van der Waals surface area contributed by atoms with Crippen LogP contribution in [0.25, 0.3) is 0 Å². The molecule has 0 heterocycles. The lowest BCUT2D eigenvalue weighted by Crippen LogP contribution is -2.38. The number of alkyl halides is 2. The monoisotopic (exact) mass is 394 g/mol. The largest absolute Gasteiger partial charge is 0.494 e. The summed E-state index contributed by atoms with van der Waals surface area (Å²) in [6.07, 6.45) is 1.27. The predicted molar refractivity (Wildman–Crippen MR) is 102 cm³/mol. The average molecular weight is 394 g/mol. The molecule has 0 radical (unpaired) electrons. The zero-order valence-electron chi connectivity index (χ0n) is 16.1. The van der Waals surface area contributed by atoms with Crippen LogP contribution in [-0.2, 0) is 17.1 Å². The number of rotatable bonds is 10. The van der Waals surface area contributed by atoms with Crippen LogP contribution in [0.1, 0.15) is 17.5 Å². The van der Waals surface area contributed by atoms with Crippen LogP contribution in [0.3, 0.4) is 0 Å². The van der Waals surface area contributed by atoms with Crippen molar-refractivity contribution in [2.24, 2.45) is 0 Å². The maximum Gasteiger partial charge on any atom is 0.285 e. The second-order valence-corrected chi connectivity index (χ2v) is 6.71. The predicted octanol–water partition coefficient (Wildman–Crippen LogP) is 3.61. The molecule has 0 bridgehead atoms. The molecular weight excluding hydrogens is 369 g/mol. The van der Waals surface area contributed by atoms with Crippen LogP contribution in [0.2, 0.25) is 0 Å². The SMILES string of the molecule is CN(C)C(=O)CNCC(F)(F)c1cccc(OCCCc2cccc(F)c2)c1. The molecule has 152 valence electrons. The molecule has 1 N–H and O–H groups in total. The van der Waals surface area contributed by atoms with E-state index in [9.17, 15) is 18.0 Å². The van der Waals surface area contributed by atoms with Gasteiger partial charge >= 0.3 is 0 Å². The fourth-order valence-corrected chi connectivity index (χ4v) is 2.56. The van der Waals surface area contributed by atoms with Crippen molar-refractivity contribution in [2.75, 3.05) is 33.8 Å². The van der Waals surface area contributed by atoms with Crippen LogP contribution in [-0.4, -0.2) is 44.6 Å². The number of ether oxygens (including phenoxy) is 1. The topological polar surface area (TPSA) is 41.6 Å². The van der Waals surface area contributed by atoms with E-state index in [1.165, 1.54) is 35.2 Å². The van der Waals surface area contributed by atoms with Gasteiger partial charge in [0, 0.05) is 19.7 Å². The van der Waals surface area contributed by atoms with Gasteiger partial charge in [-0.25, -0.2) is 4.39 Å². The minimum atomic E-state index is -3.13. The summed E-state index contributed by atoms with van der Waals surface area (Å²) in [6.45, 7) is -0.463. The zero-order valence-corrected chi connectivity index (χ0v) is 16.1. The molecule has 0 aliphatic rings. The Kier molecular flexibility index (Phi) is 7.87. The molecule has 7 heteroatoms. The minimum absolute atomic E-state index is 0.154. The quantitative estimate of drug-likeness (QED) is 0.626. The van der Waals surface area contributed by atoms with Crippen molar-refractivity contribution in [3.8, 4) is 5.75 Å². The van der Waals surface area contributed by atoms with Crippen LogP contribution in [0.15, 0.2) is 48.5 Å². The van der Waals surface area contributed by atoms with Gasteiger partial charge in [-0.2, -0.15) is 8.78 Å². The van der Waals surface area contributed by atoms with Gasteiger partial charge in [-0.1, -0.05) is 24.3 Å². The third-order valence-corrected chi connectivity index (χ3v) is 4.15. The summed E-state index contributed by atoms with van der Waals surface area (Å²) in [6, 6.07) is 12.1. The highest BCUT2D eigenvalue weighted by molar-refractivity contribution is 5.77. The fraction of sp³-hybridized carbons (Fsp3) is 0.381. The number of benzene rings is 2. The van der Waals surface area contributed by atoms with Crippen molar-refractivity contribution in [2.45, 2.75) is 18.8 Å². The van der Waals surface area contributed by atoms with E-state index in [4.69, 9.17) is 4.74 Å². The average Bonchev–Trinajstić information content (AvgIpc) is 2.65. The van der Waals surface area contributed by atoms with E-state index in [0.29, 0.717) is 25.2 Å². The van der Waals surface area contributed by atoms with E-state index in [-0.39, 0.29) is 23.8 Å². The summed E-state index contributed by atoms with van der Waals surface area (Å²) < 4.78 is 47.4. The number of halogens is 3. The number of hydrogen-bond acceptors (Lipinski definition) is 3. The fourth-order valence-electron chi connectivity index (χ4n) is 2.56. The maximum atomic E-state index is 14.4. The molecule has 0 unspecified atom stereocenters. The Morgan fingerprint density at radius 2 is 1.89 bits per heavy atom. The summed E-state index contributed by atoms with van der Waals surface area (Å²) in [7, 11) is 3.13. The first-order valence-corrected chi connectivity index (χ1v) is 9.04. The van der Waals surface area contributed by atoms with Crippen molar-refractivity contribution in [3.05, 3.63) is 65.5 Å². The standard InChI is InChI=1S/C21H25F3N2O2/c1-26(2)20(27)14-25-15-21(23,24)17-8-4-10-19(13-17)28-11-5-7-16-6-3-9-18(22)12-16/h3-4,6,8-10,12-13,25H,5,7,11,14-15H2,1-2H3. The van der Waals surface area contributed by atoms with Gasteiger partial charge in [0.25, 0.3) is 5.92 Å². The molecule has 1 amide bonds. The van der Waals surface area contributed by atoms with E-state index in [2.05, 4.69) is 5.32 Å². The normalized spacial score (nSPS) is 11.3. The highest BCUT2D eigenvalue weighted by atomic mass is 19.3. The van der Waals surface area contributed by atoms with Gasteiger partial charge in [-0.05, 0) is 42.7 Å². The van der Waals surface area contributed by atoms with Crippen molar-refractivity contribution < 1.29 is 22.7 Å². The number of likely N-dealkylation sites (N-methyl/N-ethyl adjacent to an activating group) is 1. The van der Waals surface area contributed by atoms with Crippen LogP contribution >= 0.6 is 0 Å². The molecule has 2 rings (SSSR count). The Bertz CT molecular complexity index is 782. The lowest BCUT2D eigenvalue weighted by molar-refractivity contribution is -0.128. The number of nitrogens with one attached hydrogen (secondary N) is 1. The van der Waals surface area contributed by atoms with E-state index in [0.717, 1.165) is 5.56 Å². The Hall–Kier alpha value is -2.54. The van der Waals surface area contributed by atoms with Crippen LogP contribution in [0.4, 0.5) is 13.2 Å². The van der Waals surface area contributed by atoms with Crippen LogP contribution in [0.5, 0.6) is 5.75 Å². The van der Waals surface area contributed by atoms with E-state index < -0.39 is 12.5 Å². The summed E-state index contributed by atoms with van der Waals surface area (Å²) in [5.41, 5.74) is 0.683. The molecule has 28 heavy (non-hydrogen) atoms. The molecule has 2 aromatic carbocycles. The van der Waals surface area contributed by atoms with Gasteiger partial charge in [0.05, 0.1) is 19.7 Å². The number of carbonyl (C=O) groups excluding carboxylic acids is 1. The summed E-state index contributed by atoms with van der Waals surface area (Å²) in [5.74, 6) is -3.34. The number of nitrogens with zero attached hydrogens (tertiary/aromatic N) is 1. The molecule has 0 atom stereocenters. The molecule has 0 spiro atoms.